The van der Waals surface area contributed by atoms with Gasteiger partial charge in [-0.15, -0.1) is 11.6 Å². The Labute approximate surface area is 72.2 Å². The first-order valence-corrected chi connectivity index (χ1v) is 3.93. The van der Waals surface area contributed by atoms with Crippen LogP contribution >= 0.6 is 11.6 Å². The third kappa shape index (κ3) is 3.11. The molecule has 56 valence electrons. The van der Waals surface area contributed by atoms with Crippen LogP contribution in [0.4, 0.5) is 0 Å². The smallest absolute Gasteiger partial charge is 0.0918 e. The van der Waals surface area contributed by atoms with E-state index in [9.17, 15) is 0 Å². The van der Waals surface area contributed by atoms with Crippen molar-refractivity contribution in [2.24, 2.45) is 0 Å². The van der Waals surface area contributed by atoms with Crippen LogP contribution in [0.25, 0.3) is 0 Å². The second-order valence-corrected chi connectivity index (χ2v) is 2.91. The van der Waals surface area contributed by atoms with Gasteiger partial charge >= 0.3 is 0 Å². The van der Waals surface area contributed by atoms with E-state index in [4.69, 9.17) is 11.6 Å². The average Bonchev–Trinajstić information content (AvgIpc) is 2.03. The number of hydrogen-bond donors (Lipinski definition) is 0. The third-order valence-corrected chi connectivity index (χ3v) is 1.30. The van der Waals surface area contributed by atoms with Crippen LogP contribution in [0.15, 0.2) is 30.3 Å². The van der Waals surface area contributed by atoms with Crippen molar-refractivity contribution in [1.29, 1.82) is 0 Å². The summed E-state index contributed by atoms with van der Waals surface area (Å²) >= 11 is 5.65. The molecule has 0 N–H and O–H groups in total. The van der Waals surface area contributed by atoms with Crippen LogP contribution in [0, 0.1) is 11.8 Å². The van der Waals surface area contributed by atoms with E-state index in [0.717, 1.165) is 5.56 Å². The molecule has 1 aromatic carbocycles. The molecule has 0 aliphatic heterocycles. The molecule has 0 unspecified atom stereocenters. The molecule has 0 aliphatic rings. The van der Waals surface area contributed by atoms with Crippen LogP contribution in [0.2, 0.25) is 0 Å². The van der Waals surface area contributed by atoms with Crippen molar-refractivity contribution in [3.8, 4) is 11.8 Å². The van der Waals surface area contributed by atoms with Gasteiger partial charge in [0.2, 0.25) is 0 Å². The molecule has 0 saturated carbocycles. The Bertz CT molecular complexity index is 264. The number of hydrogen-bond acceptors (Lipinski definition) is 0. The van der Waals surface area contributed by atoms with Crippen LogP contribution in [0.3, 0.4) is 0 Å². The first-order chi connectivity index (χ1) is 5.29. The standard InChI is InChI=1S/C10H9Cl/c1-9(11)7-8-10-5-3-2-4-6-10/h2-6,9H,1H3/t9-/m1/s1. The van der Waals surface area contributed by atoms with Gasteiger partial charge in [0.25, 0.3) is 0 Å². The summed E-state index contributed by atoms with van der Waals surface area (Å²) in [7, 11) is 0. The molecule has 1 atom stereocenters. The quantitative estimate of drug-likeness (QED) is 0.409. The fraction of sp³-hybridized carbons (Fsp3) is 0.200. The number of rotatable bonds is 0. The summed E-state index contributed by atoms with van der Waals surface area (Å²) in [6.45, 7) is 1.86. The predicted molar refractivity (Wildman–Crippen MR) is 48.6 cm³/mol. The highest BCUT2D eigenvalue weighted by Crippen LogP contribution is 1.96. The number of alkyl halides is 1. The SMILES string of the molecule is C[C@@H](Cl)C#Cc1ccccc1. The summed E-state index contributed by atoms with van der Waals surface area (Å²) in [5, 5.41) is -0.0739. The molecule has 0 saturated heterocycles. The highest BCUT2D eigenvalue weighted by Gasteiger charge is 1.85. The van der Waals surface area contributed by atoms with Gasteiger partial charge in [0.1, 0.15) is 0 Å². The Balaban J connectivity index is 2.75. The largest absolute Gasteiger partial charge is 0.109 e. The van der Waals surface area contributed by atoms with Crippen molar-refractivity contribution in [3.63, 3.8) is 0 Å². The molecule has 0 bridgehead atoms. The van der Waals surface area contributed by atoms with E-state index in [2.05, 4.69) is 11.8 Å². The van der Waals surface area contributed by atoms with E-state index >= 15 is 0 Å². The fourth-order valence-corrected chi connectivity index (χ4v) is 0.759. The van der Waals surface area contributed by atoms with E-state index in [1.54, 1.807) is 0 Å². The normalized spacial score (nSPS) is 11.5. The maximum Gasteiger partial charge on any atom is 0.0918 e. The Hall–Kier alpha value is -0.930. The Morgan fingerprint density at radius 3 is 2.45 bits per heavy atom. The molecule has 1 heteroatoms. The zero-order valence-electron chi connectivity index (χ0n) is 6.34. The summed E-state index contributed by atoms with van der Waals surface area (Å²) < 4.78 is 0. The van der Waals surface area contributed by atoms with Gasteiger partial charge in [-0.05, 0) is 19.1 Å². The van der Waals surface area contributed by atoms with Gasteiger partial charge < -0.3 is 0 Å². The zero-order chi connectivity index (χ0) is 8.10. The minimum atomic E-state index is -0.0739. The highest BCUT2D eigenvalue weighted by molar-refractivity contribution is 6.22. The molecule has 0 amide bonds. The van der Waals surface area contributed by atoms with Crippen molar-refractivity contribution in [3.05, 3.63) is 35.9 Å². The zero-order valence-corrected chi connectivity index (χ0v) is 7.10. The lowest BCUT2D eigenvalue weighted by Crippen LogP contribution is -1.81. The van der Waals surface area contributed by atoms with Gasteiger partial charge in [-0.25, -0.2) is 0 Å². The summed E-state index contributed by atoms with van der Waals surface area (Å²) in [6.07, 6.45) is 0. The summed E-state index contributed by atoms with van der Waals surface area (Å²) in [6, 6.07) is 9.82. The fourth-order valence-electron chi connectivity index (χ4n) is 0.704. The lowest BCUT2D eigenvalue weighted by molar-refractivity contribution is 1.28. The highest BCUT2D eigenvalue weighted by atomic mass is 35.5. The summed E-state index contributed by atoms with van der Waals surface area (Å²) in [5.74, 6) is 5.84. The Morgan fingerprint density at radius 1 is 1.27 bits per heavy atom. The monoisotopic (exact) mass is 164 g/mol. The molecule has 0 spiro atoms. The minimum Gasteiger partial charge on any atom is -0.109 e. The Kier molecular flexibility index (Phi) is 3.01. The average molecular weight is 165 g/mol. The summed E-state index contributed by atoms with van der Waals surface area (Å²) in [4.78, 5) is 0. The van der Waals surface area contributed by atoms with Gasteiger partial charge in [0, 0.05) is 5.56 Å². The van der Waals surface area contributed by atoms with Crippen molar-refractivity contribution < 1.29 is 0 Å². The molecule has 0 fully saturated rings. The lowest BCUT2D eigenvalue weighted by atomic mass is 10.2. The van der Waals surface area contributed by atoms with E-state index in [0.29, 0.717) is 0 Å². The molecule has 1 aromatic rings. The van der Waals surface area contributed by atoms with Crippen molar-refractivity contribution in [2.45, 2.75) is 12.3 Å². The first-order valence-electron chi connectivity index (χ1n) is 3.49. The van der Waals surface area contributed by atoms with E-state index in [1.807, 2.05) is 37.3 Å². The van der Waals surface area contributed by atoms with Crippen LogP contribution in [0.1, 0.15) is 12.5 Å². The van der Waals surface area contributed by atoms with Crippen molar-refractivity contribution in [1.82, 2.24) is 0 Å². The number of halogens is 1. The van der Waals surface area contributed by atoms with Crippen molar-refractivity contribution in [2.75, 3.05) is 0 Å². The third-order valence-electron chi connectivity index (χ3n) is 1.19. The van der Waals surface area contributed by atoms with Gasteiger partial charge in [0.05, 0.1) is 5.38 Å². The lowest BCUT2D eigenvalue weighted by Gasteiger charge is -1.87. The molecule has 1 rings (SSSR count). The van der Waals surface area contributed by atoms with Gasteiger partial charge in [-0.2, -0.15) is 0 Å². The molecule has 0 nitrogen and oxygen atoms in total. The maximum atomic E-state index is 5.65. The van der Waals surface area contributed by atoms with E-state index in [-0.39, 0.29) is 5.38 Å². The molecule has 0 aliphatic carbocycles. The molecule has 11 heavy (non-hydrogen) atoms. The minimum absolute atomic E-state index is 0.0739. The predicted octanol–water partition coefficient (Wildman–Crippen LogP) is 2.67. The second kappa shape index (κ2) is 4.05. The van der Waals surface area contributed by atoms with Crippen LogP contribution < -0.4 is 0 Å². The van der Waals surface area contributed by atoms with Crippen LogP contribution in [-0.2, 0) is 0 Å². The van der Waals surface area contributed by atoms with E-state index in [1.165, 1.54) is 0 Å². The van der Waals surface area contributed by atoms with Crippen molar-refractivity contribution >= 4 is 11.6 Å². The topological polar surface area (TPSA) is 0 Å². The molecule has 0 heterocycles. The van der Waals surface area contributed by atoms with E-state index < -0.39 is 0 Å². The van der Waals surface area contributed by atoms with Gasteiger partial charge in [0.15, 0.2) is 0 Å². The van der Waals surface area contributed by atoms with Crippen LogP contribution in [-0.4, -0.2) is 5.38 Å². The van der Waals surface area contributed by atoms with Crippen LogP contribution in [0.5, 0.6) is 0 Å². The second-order valence-electron chi connectivity index (χ2n) is 2.25. The maximum absolute atomic E-state index is 5.65. The Morgan fingerprint density at radius 2 is 1.91 bits per heavy atom. The van der Waals surface area contributed by atoms with Gasteiger partial charge in [-0.1, -0.05) is 30.0 Å². The summed E-state index contributed by atoms with van der Waals surface area (Å²) in [5.41, 5.74) is 1.01. The molecular formula is C10H9Cl. The molecular weight excluding hydrogens is 156 g/mol. The van der Waals surface area contributed by atoms with Gasteiger partial charge in [-0.3, -0.25) is 0 Å². The molecule has 0 radical (unpaired) electrons. The first kappa shape index (κ1) is 8.17. The molecule has 0 aromatic heterocycles. The number of benzene rings is 1.